The minimum atomic E-state index is -4.58. The fraction of sp³-hybridized carbons (Fsp3) is 0.320. The van der Waals surface area contributed by atoms with Gasteiger partial charge in [-0.25, -0.2) is 4.68 Å². The van der Waals surface area contributed by atoms with E-state index < -0.39 is 24.2 Å². The monoisotopic (exact) mass is 499 g/mol. The highest BCUT2D eigenvalue weighted by molar-refractivity contribution is 6.07. The number of carbonyl (C=O) groups is 1. The second kappa shape index (κ2) is 10.2. The quantitative estimate of drug-likeness (QED) is 0.459. The summed E-state index contributed by atoms with van der Waals surface area (Å²) in [6.07, 6.45) is -2.93. The molecule has 188 valence electrons. The van der Waals surface area contributed by atoms with Crippen LogP contribution >= 0.6 is 0 Å². The maximum atomic E-state index is 14.0. The molecule has 2 heterocycles. The Hall–Kier alpha value is -4.20. The number of nitrogens with one attached hydrogen (secondary N) is 2. The number of alkyl halides is 3. The molecule has 1 aliphatic heterocycles. The van der Waals surface area contributed by atoms with Crippen LogP contribution in [0.25, 0.3) is 0 Å². The second-order valence-electron chi connectivity index (χ2n) is 8.27. The largest absolute Gasteiger partial charge is 0.493 e. The molecule has 0 saturated heterocycles. The molecule has 36 heavy (non-hydrogen) atoms. The predicted molar refractivity (Wildman–Crippen MR) is 126 cm³/mol. The van der Waals surface area contributed by atoms with Gasteiger partial charge in [0.15, 0.2) is 17.5 Å². The number of nitriles is 1. The van der Waals surface area contributed by atoms with E-state index in [1.165, 1.54) is 14.2 Å². The van der Waals surface area contributed by atoms with Gasteiger partial charge in [0.1, 0.15) is 11.4 Å². The summed E-state index contributed by atoms with van der Waals surface area (Å²) < 4.78 is 53.4. The van der Waals surface area contributed by atoms with Gasteiger partial charge < -0.3 is 20.1 Å². The van der Waals surface area contributed by atoms with Crippen molar-refractivity contribution >= 4 is 17.4 Å². The molecule has 0 fully saturated rings. The fourth-order valence-corrected chi connectivity index (χ4v) is 4.22. The van der Waals surface area contributed by atoms with Gasteiger partial charge in [0.25, 0.3) is 5.91 Å². The van der Waals surface area contributed by atoms with Crippen molar-refractivity contribution < 1.29 is 27.4 Å². The number of hydrogen-bond acceptors (Lipinski definition) is 6. The molecule has 0 aliphatic carbocycles. The van der Waals surface area contributed by atoms with Crippen molar-refractivity contribution in [3.63, 3.8) is 0 Å². The van der Waals surface area contributed by atoms with Gasteiger partial charge in [0.05, 0.1) is 32.5 Å². The Morgan fingerprint density at radius 1 is 1.22 bits per heavy atom. The summed E-state index contributed by atoms with van der Waals surface area (Å²) in [5.74, 6) is 0.205. The second-order valence-corrected chi connectivity index (χ2v) is 8.27. The van der Waals surface area contributed by atoms with E-state index >= 15 is 0 Å². The number of rotatable bonds is 7. The van der Waals surface area contributed by atoms with Crippen molar-refractivity contribution in [2.24, 2.45) is 0 Å². The average Bonchev–Trinajstić information content (AvgIpc) is 3.30. The number of nitrogens with zero attached hydrogens (tertiary/aromatic N) is 3. The molecule has 4 rings (SSSR count). The Morgan fingerprint density at radius 3 is 2.69 bits per heavy atom. The van der Waals surface area contributed by atoms with E-state index in [0.29, 0.717) is 35.6 Å². The van der Waals surface area contributed by atoms with Crippen LogP contribution in [0.2, 0.25) is 0 Å². The Morgan fingerprint density at radius 2 is 2.00 bits per heavy atom. The number of fused-ring (bicyclic) bond motifs is 1. The predicted octanol–water partition coefficient (Wildman–Crippen LogP) is 5.27. The molecule has 0 unspecified atom stereocenters. The van der Waals surface area contributed by atoms with Crippen LogP contribution in [0.3, 0.4) is 0 Å². The number of carbonyl (C=O) groups excluding carboxylic acids is 1. The van der Waals surface area contributed by atoms with Crippen molar-refractivity contribution in [2.45, 2.75) is 37.5 Å². The standard InChI is InChI=1S/C25H24F3N5O3/c1-35-20-9-8-16(12-21(20)36-2)19-13-22(25(26,27)28)33-23(32-19)18(14-30-33)24(34)31-17-7-3-5-15(11-17)6-4-10-29/h3,5,7-9,11-12,14,19,22,32H,4,6,13H2,1-2H3,(H,31,34)/t19-,22+/m1/s1. The summed E-state index contributed by atoms with van der Waals surface area (Å²) in [6, 6.07) is 11.2. The van der Waals surface area contributed by atoms with Gasteiger partial charge in [-0.3, -0.25) is 4.79 Å². The van der Waals surface area contributed by atoms with Gasteiger partial charge in [0.2, 0.25) is 0 Å². The first-order chi connectivity index (χ1) is 17.2. The zero-order valence-corrected chi connectivity index (χ0v) is 19.6. The van der Waals surface area contributed by atoms with Gasteiger partial charge in [-0.05, 0) is 41.8 Å². The first-order valence-electron chi connectivity index (χ1n) is 11.1. The highest BCUT2D eigenvalue weighted by atomic mass is 19.4. The van der Waals surface area contributed by atoms with Crippen molar-refractivity contribution in [3.8, 4) is 17.6 Å². The summed E-state index contributed by atoms with van der Waals surface area (Å²) in [5, 5.41) is 18.5. The molecule has 3 aromatic rings. The number of aryl methyl sites for hydroxylation is 1. The molecule has 8 nitrogen and oxygen atoms in total. The van der Waals surface area contributed by atoms with Crippen LogP contribution in [0, 0.1) is 11.3 Å². The Kier molecular flexibility index (Phi) is 7.05. The highest BCUT2D eigenvalue weighted by Crippen LogP contribution is 2.45. The van der Waals surface area contributed by atoms with Crippen LogP contribution < -0.4 is 20.1 Å². The van der Waals surface area contributed by atoms with E-state index in [1.54, 1.807) is 36.4 Å². The fourth-order valence-electron chi connectivity index (χ4n) is 4.22. The SMILES string of the molecule is COc1ccc([C@H]2C[C@@H](C(F)(F)F)n3ncc(C(=O)Nc4cccc(CCC#N)c4)c3N2)cc1OC. The number of methoxy groups -OCH3 is 2. The summed E-state index contributed by atoms with van der Waals surface area (Å²) in [5.41, 5.74) is 1.85. The van der Waals surface area contributed by atoms with Gasteiger partial charge in [-0.15, -0.1) is 0 Å². The molecule has 2 atom stereocenters. The van der Waals surface area contributed by atoms with Gasteiger partial charge in [-0.2, -0.15) is 23.5 Å². The maximum absolute atomic E-state index is 14.0. The van der Waals surface area contributed by atoms with E-state index in [2.05, 4.69) is 21.8 Å². The normalized spacial score (nSPS) is 16.9. The van der Waals surface area contributed by atoms with Crippen molar-refractivity contribution in [1.82, 2.24) is 9.78 Å². The molecule has 2 aromatic carbocycles. The van der Waals surface area contributed by atoms with E-state index in [4.69, 9.17) is 14.7 Å². The number of halogens is 3. The smallest absolute Gasteiger partial charge is 0.410 e. The molecular formula is C25H24F3N5O3. The van der Waals surface area contributed by atoms with Crippen LogP contribution in [0.15, 0.2) is 48.7 Å². The van der Waals surface area contributed by atoms with Crippen LogP contribution in [-0.4, -0.2) is 36.1 Å². The number of amides is 1. The molecule has 1 aromatic heterocycles. The molecule has 0 radical (unpaired) electrons. The van der Waals surface area contributed by atoms with E-state index in [9.17, 15) is 18.0 Å². The molecule has 2 N–H and O–H groups in total. The molecule has 0 saturated carbocycles. The third-order valence-electron chi connectivity index (χ3n) is 6.00. The lowest BCUT2D eigenvalue weighted by Gasteiger charge is -2.34. The topological polar surface area (TPSA) is 101 Å². The number of aromatic nitrogens is 2. The summed E-state index contributed by atoms with van der Waals surface area (Å²) in [6.45, 7) is 0. The zero-order valence-electron chi connectivity index (χ0n) is 19.6. The number of benzene rings is 2. The zero-order chi connectivity index (χ0) is 25.9. The molecule has 11 heteroatoms. The van der Waals surface area contributed by atoms with Crippen LogP contribution in [0.5, 0.6) is 11.5 Å². The van der Waals surface area contributed by atoms with Crippen LogP contribution in [0.4, 0.5) is 24.7 Å². The Labute approximate surface area is 205 Å². The Bertz CT molecular complexity index is 1300. The maximum Gasteiger partial charge on any atom is 0.410 e. The molecular weight excluding hydrogens is 475 g/mol. The molecule has 1 amide bonds. The molecule has 0 spiro atoms. The number of ether oxygens (including phenoxy) is 2. The van der Waals surface area contributed by atoms with E-state index in [-0.39, 0.29) is 17.8 Å². The lowest BCUT2D eigenvalue weighted by molar-refractivity contribution is -0.173. The van der Waals surface area contributed by atoms with Gasteiger partial charge in [-0.1, -0.05) is 18.2 Å². The van der Waals surface area contributed by atoms with Crippen molar-refractivity contribution in [2.75, 3.05) is 24.9 Å². The third-order valence-corrected chi connectivity index (χ3v) is 6.00. The average molecular weight is 499 g/mol. The molecule has 0 bridgehead atoms. The first-order valence-corrected chi connectivity index (χ1v) is 11.1. The summed E-state index contributed by atoms with van der Waals surface area (Å²) >= 11 is 0. The minimum absolute atomic E-state index is 0.0168. The highest BCUT2D eigenvalue weighted by Gasteiger charge is 2.47. The Balaban J connectivity index is 1.65. The van der Waals surface area contributed by atoms with Crippen molar-refractivity contribution in [1.29, 1.82) is 5.26 Å². The first kappa shape index (κ1) is 24.9. The minimum Gasteiger partial charge on any atom is -0.493 e. The van der Waals surface area contributed by atoms with Crippen molar-refractivity contribution in [3.05, 3.63) is 65.4 Å². The third kappa shape index (κ3) is 5.07. The van der Waals surface area contributed by atoms with Gasteiger partial charge >= 0.3 is 6.18 Å². The molecule has 1 aliphatic rings. The summed E-state index contributed by atoms with van der Waals surface area (Å²) in [4.78, 5) is 13.1. The lowest BCUT2D eigenvalue weighted by atomic mass is 9.96. The summed E-state index contributed by atoms with van der Waals surface area (Å²) in [7, 11) is 2.92. The van der Waals surface area contributed by atoms with Crippen LogP contribution in [-0.2, 0) is 6.42 Å². The van der Waals surface area contributed by atoms with Gasteiger partial charge in [0, 0.05) is 18.5 Å². The number of anilines is 2. The lowest BCUT2D eigenvalue weighted by Crippen LogP contribution is -2.36. The van der Waals surface area contributed by atoms with E-state index in [1.807, 2.05) is 6.07 Å². The van der Waals surface area contributed by atoms with Crippen LogP contribution in [0.1, 0.15) is 46.4 Å². The number of hydrogen-bond donors (Lipinski definition) is 2. The van der Waals surface area contributed by atoms with E-state index in [0.717, 1.165) is 16.4 Å².